The lowest BCUT2D eigenvalue weighted by molar-refractivity contribution is -0.125. The summed E-state index contributed by atoms with van der Waals surface area (Å²) in [6.07, 6.45) is 0.938. The van der Waals surface area contributed by atoms with Gasteiger partial charge in [0.15, 0.2) is 0 Å². The van der Waals surface area contributed by atoms with Crippen LogP contribution in [0.5, 0.6) is 5.75 Å². The Morgan fingerprint density at radius 2 is 2.00 bits per heavy atom. The van der Waals surface area contributed by atoms with E-state index in [1.165, 1.54) is 10.6 Å². The van der Waals surface area contributed by atoms with Crippen molar-refractivity contribution in [2.24, 2.45) is 0 Å². The van der Waals surface area contributed by atoms with Crippen LogP contribution in [0.4, 0.5) is 5.69 Å². The van der Waals surface area contributed by atoms with Crippen molar-refractivity contribution in [1.82, 2.24) is 9.88 Å². The number of ether oxygens (including phenoxy) is 1. The second-order valence-corrected chi connectivity index (χ2v) is 7.58. The molecular formula is C19H25N3O2S. The SMILES string of the molecule is CCc1nc(C)sc1CN1CCN(c2ccc(OC)cc2)C(=O)[C@H]1C. The highest BCUT2D eigenvalue weighted by molar-refractivity contribution is 7.11. The monoisotopic (exact) mass is 359 g/mol. The Kier molecular flexibility index (Phi) is 5.39. The molecule has 2 heterocycles. The van der Waals surface area contributed by atoms with Crippen LogP contribution in [0, 0.1) is 6.92 Å². The van der Waals surface area contributed by atoms with Gasteiger partial charge in [0.05, 0.1) is 23.9 Å². The molecule has 0 bridgehead atoms. The summed E-state index contributed by atoms with van der Waals surface area (Å²) >= 11 is 1.75. The maximum atomic E-state index is 12.9. The molecule has 0 aliphatic carbocycles. The number of aromatic nitrogens is 1. The summed E-state index contributed by atoms with van der Waals surface area (Å²) in [5.74, 6) is 0.950. The van der Waals surface area contributed by atoms with Gasteiger partial charge in [-0.15, -0.1) is 11.3 Å². The van der Waals surface area contributed by atoms with E-state index in [1.807, 2.05) is 43.0 Å². The lowest BCUT2D eigenvalue weighted by Crippen LogP contribution is -2.55. The molecule has 5 nitrogen and oxygen atoms in total. The van der Waals surface area contributed by atoms with Crippen LogP contribution in [-0.2, 0) is 17.8 Å². The third kappa shape index (κ3) is 3.70. The van der Waals surface area contributed by atoms with E-state index in [2.05, 4.69) is 16.8 Å². The first-order chi connectivity index (χ1) is 12.0. The second kappa shape index (κ2) is 7.54. The van der Waals surface area contributed by atoms with E-state index in [0.29, 0.717) is 6.54 Å². The van der Waals surface area contributed by atoms with Crippen molar-refractivity contribution < 1.29 is 9.53 Å². The molecule has 0 N–H and O–H groups in total. The second-order valence-electron chi connectivity index (χ2n) is 6.29. The number of carbonyl (C=O) groups is 1. The quantitative estimate of drug-likeness (QED) is 0.822. The molecule has 2 aromatic rings. The third-order valence-electron chi connectivity index (χ3n) is 4.73. The fraction of sp³-hybridized carbons (Fsp3) is 0.474. The van der Waals surface area contributed by atoms with Crippen LogP contribution in [0.2, 0.25) is 0 Å². The van der Waals surface area contributed by atoms with Gasteiger partial charge < -0.3 is 9.64 Å². The van der Waals surface area contributed by atoms with E-state index in [9.17, 15) is 4.79 Å². The lowest BCUT2D eigenvalue weighted by Gasteiger charge is -2.39. The van der Waals surface area contributed by atoms with Crippen molar-refractivity contribution in [3.8, 4) is 5.75 Å². The molecule has 1 atom stereocenters. The number of aryl methyl sites for hydroxylation is 2. The van der Waals surface area contributed by atoms with Gasteiger partial charge >= 0.3 is 0 Å². The van der Waals surface area contributed by atoms with E-state index in [0.717, 1.165) is 36.0 Å². The zero-order valence-corrected chi connectivity index (χ0v) is 16.1. The van der Waals surface area contributed by atoms with Crippen molar-refractivity contribution in [3.05, 3.63) is 39.8 Å². The Morgan fingerprint density at radius 3 is 2.64 bits per heavy atom. The molecule has 1 amide bonds. The average molecular weight is 359 g/mol. The van der Waals surface area contributed by atoms with E-state index >= 15 is 0 Å². The topological polar surface area (TPSA) is 45.7 Å². The highest BCUT2D eigenvalue weighted by Gasteiger charge is 2.32. The molecule has 1 aromatic heterocycles. The standard InChI is InChI=1S/C19H25N3O2S/c1-5-17-18(25-14(3)20-17)12-21-10-11-22(19(23)13(21)2)15-6-8-16(24-4)9-7-15/h6-9,13H,5,10-12H2,1-4H3/t13-/m1/s1. The molecule has 3 rings (SSSR count). The number of carbonyl (C=O) groups excluding carboxylic acids is 1. The van der Waals surface area contributed by atoms with E-state index in [1.54, 1.807) is 18.4 Å². The molecule has 1 fully saturated rings. The lowest BCUT2D eigenvalue weighted by atomic mass is 10.1. The molecular weight excluding hydrogens is 334 g/mol. The molecule has 1 aliphatic heterocycles. The van der Waals surface area contributed by atoms with Gasteiger partial charge in [-0.2, -0.15) is 0 Å². The normalized spacial score (nSPS) is 18.6. The number of amides is 1. The zero-order valence-electron chi connectivity index (χ0n) is 15.3. The smallest absolute Gasteiger partial charge is 0.244 e. The van der Waals surface area contributed by atoms with Crippen LogP contribution in [-0.4, -0.2) is 42.0 Å². The minimum atomic E-state index is -0.136. The Bertz CT molecular complexity index is 742. The first kappa shape index (κ1) is 17.9. The third-order valence-corrected chi connectivity index (χ3v) is 5.73. The van der Waals surface area contributed by atoms with Crippen molar-refractivity contribution in [2.75, 3.05) is 25.1 Å². The molecule has 0 unspecified atom stereocenters. The molecule has 25 heavy (non-hydrogen) atoms. The van der Waals surface area contributed by atoms with Crippen molar-refractivity contribution >= 4 is 22.9 Å². The molecule has 1 saturated heterocycles. The molecule has 0 spiro atoms. The molecule has 1 aromatic carbocycles. The summed E-state index contributed by atoms with van der Waals surface area (Å²) in [7, 11) is 1.65. The Morgan fingerprint density at radius 1 is 1.28 bits per heavy atom. The van der Waals surface area contributed by atoms with Gasteiger partial charge in [0.25, 0.3) is 0 Å². The minimum absolute atomic E-state index is 0.136. The largest absolute Gasteiger partial charge is 0.497 e. The van der Waals surface area contributed by atoms with Crippen LogP contribution in [0.15, 0.2) is 24.3 Å². The number of thiazole rings is 1. The number of nitrogens with zero attached hydrogens (tertiary/aromatic N) is 3. The first-order valence-electron chi connectivity index (χ1n) is 8.68. The molecule has 0 radical (unpaired) electrons. The van der Waals surface area contributed by atoms with Crippen LogP contribution in [0.3, 0.4) is 0 Å². The summed E-state index contributed by atoms with van der Waals surface area (Å²) in [6.45, 7) is 8.54. The fourth-order valence-corrected chi connectivity index (χ4v) is 4.30. The first-order valence-corrected chi connectivity index (χ1v) is 9.49. The number of benzene rings is 1. The molecule has 1 aliphatic rings. The molecule has 6 heteroatoms. The maximum Gasteiger partial charge on any atom is 0.244 e. The fourth-order valence-electron chi connectivity index (χ4n) is 3.25. The van der Waals surface area contributed by atoms with E-state index in [4.69, 9.17) is 4.74 Å². The highest BCUT2D eigenvalue weighted by Crippen LogP contribution is 2.26. The van der Waals surface area contributed by atoms with Crippen molar-refractivity contribution in [3.63, 3.8) is 0 Å². The van der Waals surface area contributed by atoms with Gasteiger partial charge in [-0.1, -0.05) is 6.92 Å². The summed E-state index contributed by atoms with van der Waals surface area (Å²) in [5, 5.41) is 1.10. The number of anilines is 1. The van der Waals surface area contributed by atoms with Gasteiger partial charge in [0.2, 0.25) is 5.91 Å². The van der Waals surface area contributed by atoms with Crippen LogP contribution < -0.4 is 9.64 Å². The van der Waals surface area contributed by atoms with Crippen LogP contribution in [0.25, 0.3) is 0 Å². The summed E-state index contributed by atoms with van der Waals surface area (Å²) in [6, 6.07) is 7.55. The van der Waals surface area contributed by atoms with Gasteiger partial charge in [-0.25, -0.2) is 4.98 Å². The number of hydrogen-bond acceptors (Lipinski definition) is 5. The van der Waals surface area contributed by atoms with Gasteiger partial charge in [-0.3, -0.25) is 9.69 Å². The number of hydrogen-bond donors (Lipinski definition) is 0. The minimum Gasteiger partial charge on any atom is -0.497 e. The van der Waals surface area contributed by atoms with Crippen molar-refractivity contribution in [1.29, 1.82) is 0 Å². The molecule has 0 saturated carbocycles. The van der Waals surface area contributed by atoms with Gasteiger partial charge in [0, 0.05) is 30.2 Å². The summed E-state index contributed by atoms with van der Waals surface area (Å²) in [5.41, 5.74) is 2.10. The highest BCUT2D eigenvalue weighted by atomic mass is 32.1. The van der Waals surface area contributed by atoms with Gasteiger partial charge in [-0.05, 0) is 44.5 Å². The predicted octanol–water partition coefficient (Wildman–Crippen LogP) is 3.26. The molecule has 134 valence electrons. The van der Waals surface area contributed by atoms with E-state index in [-0.39, 0.29) is 11.9 Å². The van der Waals surface area contributed by atoms with E-state index < -0.39 is 0 Å². The van der Waals surface area contributed by atoms with Crippen molar-refractivity contribution in [2.45, 2.75) is 39.8 Å². The summed E-state index contributed by atoms with van der Waals surface area (Å²) < 4.78 is 5.20. The Hall–Kier alpha value is -1.92. The van der Waals surface area contributed by atoms with Crippen LogP contribution in [0.1, 0.15) is 29.4 Å². The average Bonchev–Trinajstić information content (AvgIpc) is 2.99. The predicted molar refractivity (Wildman–Crippen MR) is 101 cm³/mol. The summed E-state index contributed by atoms with van der Waals surface area (Å²) in [4.78, 5) is 22.9. The maximum absolute atomic E-state index is 12.9. The Labute approximate surface area is 153 Å². The van der Waals surface area contributed by atoms with Gasteiger partial charge in [0.1, 0.15) is 5.75 Å². The number of piperazine rings is 1. The number of methoxy groups -OCH3 is 1. The van der Waals surface area contributed by atoms with Crippen LogP contribution >= 0.6 is 11.3 Å². The zero-order chi connectivity index (χ0) is 18.0. The Balaban J connectivity index is 1.72. The number of rotatable bonds is 5.